The van der Waals surface area contributed by atoms with Crippen LogP contribution in [-0.2, 0) is 14.8 Å². The number of rotatable bonds is 7. The molecule has 1 aliphatic heterocycles. The largest absolute Gasteiger partial charge is 0.369 e. The molecule has 23 heavy (non-hydrogen) atoms. The minimum atomic E-state index is -4.06. The van der Waals surface area contributed by atoms with Crippen molar-refractivity contribution in [3.63, 3.8) is 0 Å². The van der Waals surface area contributed by atoms with Gasteiger partial charge in [0.2, 0.25) is 15.9 Å². The van der Waals surface area contributed by atoms with E-state index in [-0.39, 0.29) is 0 Å². The number of amides is 3. The molecule has 0 spiro atoms. The molecule has 0 unspecified atom stereocenters. The standard InChI is InChI=1S/C14H28N4O4S/c1-4-7-16-14(20)18(23(21,22)10-13(15)19)12-5-8-17(9-6-12)11(2)3/h11-12H,4-10H2,1-3H3,(H2,15,19)(H,16,20). The van der Waals surface area contributed by atoms with E-state index in [9.17, 15) is 18.0 Å². The molecule has 8 nitrogen and oxygen atoms in total. The summed E-state index contributed by atoms with van der Waals surface area (Å²) in [6.07, 6.45) is 1.80. The molecule has 9 heteroatoms. The van der Waals surface area contributed by atoms with E-state index in [2.05, 4.69) is 24.1 Å². The molecule has 1 fully saturated rings. The number of primary amides is 1. The highest BCUT2D eigenvalue weighted by molar-refractivity contribution is 7.90. The van der Waals surface area contributed by atoms with Crippen molar-refractivity contribution in [2.75, 3.05) is 25.4 Å². The number of urea groups is 1. The van der Waals surface area contributed by atoms with Crippen LogP contribution in [0.25, 0.3) is 0 Å². The van der Waals surface area contributed by atoms with E-state index in [0.29, 0.717) is 44.9 Å². The Kier molecular flexibility index (Phi) is 7.27. The Morgan fingerprint density at radius 2 is 1.87 bits per heavy atom. The molecular weight excluding hydrogens is 320 g/mol. The van der Waals surface area contributed by atoms with Crippen molar-refractivity contribution in [1.82, 2.24) is 14.5 Å². The molecule has 0 bridgehead atoms. The zero-order valence-corrected chi connectivity index (χ0v) is 14.9. The highest BCUT2D eigenvalue weighted by Gasteiger charge is 2.37. The first kappa shape index (κ1) is 19.7. The van der Waals surface area contributed by atoms with Gasteiger partial charge in [-0.2, -0.15) is 0 Å². The van der Waals surface area contributed by atoms with Crippen LogP contribution in [0.3, 0.4) is 0 Å². The van der Waals surface area contributed by atoms with E-state index < -0.39 is 33.8 Å². The molecule has 0 aromatic rings. The summed E-state index contributed by atoms with van der Waals surface area (Å²) in [6.45, 7) is 7.85. The van der Waals surface area contributed by atoms with Crippen LogP contribution < -0.4 is 11.1 Å². The van der Waals surface area contributed by atoms with E-state index in [4.69, 9.17) is 5.73 Å². The van der Waals surface area contributed by atoms with Crippen LogP contribution in [0, 0.1) is 0 Å². The van der Waals surface area contributed by atoms with Crippen molar-refractivity contribution in [2.24, 2.45) is 5.73 Å². The van der Waals surface area contributed by atoms with Gasteiger partial charge in [0.25, 0.3) is 0 Å². The molecule has 0 radical (unpaired) electrons. The average Bonchev–Trinajstić information content (AvgIpc) is 2.44. The number of carbonyl (C=O) groups is 2. The second-order valence-corrected chi connectivity index (χ2v) is 7.96. The lowest BCUT2D eigenvalue weighted by Crippen LogP contribution is -2.55. The molecule has 0 aromatic heterocycles. The van der Waals surface area contributed by atoms with Gasteiger partial charge in [-0.05, 0) is 33.1 Å². The molecule has 0 saturated carbocycles. The minimum absolute atomic E-state index is 0.376. The van der Waals surface area contributed by atoms with Crippen LogP contribution >= 0.6 is 0 Å². The molecule has 3 N–H and O–H groups in total. The van der Waals surface area contributed by atoms with Crippen molar-refractivity contribution in [1.29, 1.82) is 0 Å². The van der Waals surface area contributed by atoms with Crippen molar-refractivity contribution in [2.45, 2.75) is 52.1 Å². The summed E-state index contributed by atoms with van der Waals surface area (Å²) >= 11 is 0. The monoisotopic (exact) mass is 348 g/mol. The molecule has 3 amide bonds. The fourth-order valence-corrected chi connectivity index (χ4v) is 4.20. The second-order valence-electron chi connectivity index (χ2n) is 6.11. The van der Waals surface area contributed by atoms with Gasteiger partial charge in [0.1, 0.15) is 5.75 Å². The number of carbonyl (C=O) groups excluding carboxylic acids is 2. The normalized spacial score (nSPS) is 17.2. The first-order chi connectivity index (χ1) is 10.7. The molecule has 1 rings (SSSR count). The number of nitrogens with two attached hydrogens (primary N) is 1. The van der Waals surface area contributed by atoms with Crippen LogP contribution in [0.2, 0.25) is 0 Å². The Labute approximate surface area is 138 Å². The molecule has 0 aromatic carbocycles. The van der Waals surface area contributed by atoms with Crippen LogP contribution in [0.5, 0.6) is 0 Å². The van der Waals surface area contributed by atoms with Gasteiger partial charge in [0, 0.05) is 25.7 Å². The quantitative estimate of drug-likeness (QED) is 0.677. The van der Waals surface area contributed by atoms with Gasteiger partial charge in [-0.1, -0.05) is 6.92 Å². The summed E-state index contributed by atoms with van der Waals surface area (Å²) < 4.78 is 25.7. The summed E-state index contributed by atoms with van der Waals surface area (Å²) in [4.78, 5) is 25.6. The third kappa shape index (κ3) is 5.65. The number of sulfonamides is 1. The third-order valence-corrected chi connectivity index (χ3v) is 5.62. The van der Waals surface area contributed by atoms with Crippen LogP contribution in [0.15, 0.2) is 0 Å². The van der Waals surface area contributed by atoms with Crippen molar-refractivity contribution in [3.8, 4) is 0 Å². The summed E-state index contributed by atoms with van der Waals surface area (Å²) in [5.74, 6) is -1.81. The predicted octanol–water partition coefficient (Wildman–Crippen LogP) is 0.0959. The van der Waals surface area contributed by atoms with Crippen molar-refractivity contribution in [3.05, 3.63) is 0 Å². The Bertz CT molecular complexity index is 513. The fraction of sp³-hybridized carbons (Fsp3) is 0.857. The number of piperidine rings is 1. The number of likely N-dealkylation sites (tertiary alicyclic amines) is 1. The molecule has 1 aliphatic rings. The van der Waals surface area contributed by atoms with Gasteiger partial charge in [0.15, 0.2) is 0 Å². The number of hydrogen-bond acceptors (Lipinski definition) is 5. The van der Waals surface area contributed by atoms with Gasteiger partial charge < -0.3 is 16.0 Å². The van der Waals surface area contributed by atoms with E-state index >= 15 is 0 Å². The summed E-state index contributed by atoms with van der Waals surface area (Å²) in [7, 11) is -4.06. The SMILES string of the molecule is CCCNC(=O)N(C1CCN(C(C)C)CC1)S(=O)(=O)CC(N)=O. The van der Waals surface area contributed by atoms with Crippen LogP contribution in [-0.4, -0.2) is 67.0 Å². The van der Waals surface area contributed by atoms with Crippen molar-refractivity contribution < 1.29 is 18.0 Å². The molecular formula is C14H28N4O4S. The predicted molar refractivity (Wildman–Crippen MR) is 88.2 cm³/mol. The summed E-state index contributed by atoms with van der Waals surface area (Å²) in [5.41, 5.74) is 5.02. The lowest BCUT2D eigenvalue weighted by atomic mass is 10.0. The number of nitrogens with zero attached hydrogens (tertiary/aromatic N) is 2. The Morgan fingerprint density at radius 3 is 2.30 bits per heavy atom. The molecule has 0 atom stereocenters. The topological polar surface area (TPSA) is 113 Å². The lowest BCUT2D eigenvalue weighted by molar-refractivity contribution is -0.115. The zero-order chi connectivity index (χ0) is 17.6. The Balaban J connectivity index is 2.92. The maximum absolute atomic E-state index is 12.4. The summed E-state index contributed by atoms with van der Waals surface area (Å²) in [5, 5.41) is 2.59. The molecule has 134 valence electrons. The number of nitrogens with one attached hydrogen (secondary N) is 1. The van der Waals surface area contributed by atoms with E-state index in [1.807, 2.05) is 6.92 Å². The highest BCUT2D eigenvalue weighted by atomic mass is 32.2. The second kappa shape index (κ2) is 8.49. The highest BCUT2D eigenvalue weighted by Crippen LogP contribution is 2.21. The van der Waals surface area contributed by atoms with Crippen molar-refractivity contribution >= 4 is 22.0 Å². The minimum Gasteiger partial charge on any atom is -0.369 e. The first-order valence-electron chi connectivity index (χ1n) is 8.01. The molecule has 1 heterocycles. The van der Waals surface area contributed by atoms with E-state index in [1.54, 1.807) is 0 Å². The van der Waals surface area contributed by atoms with Gasteiger partial charge in [-0.3, -0.25) is 4.79 Å². The van der Waals surface area contributed by atoms with Crippen LogP contribution in [0.4, 0.5) is 4.79 Å². The maximum atomic E-state index is 12.4. The first-order valence-corrected chi connectivity index (χ1v) is 9.62. The van der Waals surface area contributed by atoms with Gasteiger partial charge in [-0.25, -0.2) is 17.5 Å². The smallest absolute Gasteiger partial charge is 0.331 e. The van der Waals surface area contributed by atoms with Crippen LogP contribution in [0.1, 0.15) is 40.0 Å². The maximum Gasteiger partial charge on any atom is 0.331 e. The Hall–Kier alpha value is -1.35. The zero-order valence-electron chi connectivity index (χ0n) is 14.1. The summed E-state index contributed by atoms with van der Waals surface area (Å²) in [6, 6.07) is -0.733. The average molecular weight is 348 g/mol. The van der Waals surface area contributed by atoms with E-state index in [0.717, 1.165) is 4.31 Å². The molecule has 1 saturated heterocycles. The third-order valence-electron chi connectivity index (χ3n) is 3.91. The lowest BCUT2D eigenvalue weighted by Gasteiger charge is -2.39. The van der Waals surface area contributed by atoms with Gasteiger partial charge in [-0.15, -0.1) is 0 Å². The Morgan fingerprint density at radius 1 is 1.30 bits per heavy atom. The fourth-order valence-electron chi connectivity index (χ4n) is 2.72. The molecule has 0 aliphatic carbocycles. The van der Waals surface area contributed by atoms with Gasteiger partial charge >= 0.3 is 6.03 Å². The van der Waals surface area contributed by atoms with Gasteiger partial charge in [0.05, 0.1) is 6.04 Å². The van der Waals surface area contributed by atoms with E-state index in [1.165, 1.54) is 0 Å². The number of hydrogen-bond donors (Lipinski definition) is 2.